The molecule has 1 aromatic rings. The molecule has 0 aromatic heterocycles. The van der Waals surface area contributed by atoms with Crippen LogP contribution in [0, 0.1) is 6.92 Å². The highest BCUT2D eigenvalue weighted by atomic mass is 15.3. The molecule has 0 bridgehead atoms. The molecule has 20 heavy (non-hydrogen) atoms. The van der Waals surface area contributed by atoms with Crippen LogP contribution in [0.4, 0.5) is 0 Å². The fourth-order valence-electron chi connectivity index (χ4n) is 4.16. The lowest BCUT2D eigenvalue weighted by molar-refractivity contribution is -0.00278. The molecule has 2 aliphatic rings. The first-order valence-corrected chi connectivity index (χ1v) is 8.25. The second-order valence-electron chi connectivity index (χ2n) is 6.74. The fraction of sp³-hybridized carbons (Fsp3) is 0.667. The minimum absolute atomic E-state index is 0.417. The third kappa shape index (κ3) is 2.64. The van der Waals surface area contributed by atoms with E-state index in [1.54, 1.807) is 0 Å². The van der Waals surface area contributed by atoms with Crippen molar-refractivity contribution in [3.63, 3.8) is 0 Å². The zero-order valence-corrected chi connectivity index (χ0v) is 13.0. The normalized spacial score (nSPS) is 24.7. The van der Waals surface area contributed by atoms with Crippen molar-refractivity contribution >= 4 is 0 Å². The van der Waals surface area contributed by atoms with Crippen LogP contribution in [-0.2, 0) is 0 Å². The van der Waals surface area contributed by atoms with Gasteiger partial charge in [0, 0.05) is 31.2 Å². The van der Waals surface area contributed by atoms with Gasteiger partial charge in [0.1, 0.15) is 0 Å². The van der Waals surface area contributed by atoms with E-state index in [4.69, 9.17) is 0 Å². The smallest absolute Gasteiger partial charge is 0.0340 e. The lowest BCUT2D eigenvalue weighted by Gasteiger charge is -2.52. The highest BCUT2D eigenvalue weighted by Gasteiger charge is 2.41. The van der Waals surface area contributed by atoms with Gasteiger partial charge in [0.05, 0.1) is 0 Å². The molecule has 3 rings (SSSR count). The average Bonchev–Trinajstić information content (AvgIpc) is 2.49. The number of hydrogen-bond donors (Lipinski definition) is 1. The first-order valence-electron chi connectivity index (χ1n) is 8.25. The van der Waals surface area contributed by atoms with Crippen LogP contribution in [-0.4, -0.2) is 30.1 Å². The Morgan fingerprint density at radius 3 is 2.50 bits per heavy atom. The first kappa shape index (κ1) is 14.1. The second kappa shape index (κ2) is 5.87. The first-order chi connectivity index (χ1) is 9.71. The van der Waals surface area contributed by atoms with Gasteiger partial charge in [0.2, 0.25) is 0 Å². The summed E-state index contributed by atoms with van der Waals surface area (Å²) in [4.78, 5) is 2.80. The van der Waals surface area contributed by atoms with E-state index in [1.165, 1.54) is 56.3 Å². The summed E-state index contributed by atoms with van der Waals surface area (Å²) in [5.74, 6) is 0. The number of aryl methyl sites for hydroxylation is 1. The molecule has 1 heterocycles. The lowest BCUT2D eigenvalue weighted by atomic mass is 9.78. The number of piperazine rings is 1. The largest absolute Gasteiger partial charge is 0.314 e. The topological polar surface area (TPSA) is 15.3 Å². The Bertz CT molecular complexity index is 423. The summed E-state index contributed by atoms with van der Waals surface area (Å²) in [5.41, 5.74) is 3.25. The minimum atomic E-state index is 0.417. The van der Waals surface area contributed by atoms with Crippen molar-refractivity contribution in [2.75, 3.05) is 19.6 Å². The molecule has 1 aromatic carbocycles. The summed E-state index contributed by atoms with van der Waals surface area (Å²) in [7, 11) is 0. The Balaban J connectivity index is 1.83. The maximum Gasteiger partial charge on any atom is 0.0340 e. The Kier molecular flexibility index (Phi) is 4.13. The van der Waals surface area contributed by atoms with Crippen molar-refractivity contribution in [3.05, 3.63) is 35.4 Å². The molecule has 1 atom stereocenters. The van der Waals surface area contributed by atoms with Gasteiger partial charge in [-0.25, -0.2) is 0 Å². The van der Waals surface area contributed by atoms with Gasteiger partial charge in [-0.15, -0.1) is 0 Å². The van der Waals surface area contributed by atoms with Gasteiger partial charge in [-0.05, 0) is 32.3 Å². The third-order valence-electron chi connectivity index (χ3n) is 5.40. The molecule has 1 aliphatic carbocycles. The zero-order valence-electron chi connectivity index (χ0n) is 13.0. The average molecular weight is 272 g/mol. The van der Waals surface area contributed by atoms with E-state index < -0.39 is 0 Å². The second-order valence-corrected chi connectivity index (χ2v) is 6.74. The van der Waals surface area contributed by atoms with Crippen LogP contribution in [0.1, 0.15) is 56.2 Å². The molecule has 2 heteroatoms. The van der Waals surface area contributed by atoms with Crippen molar-refractivity contribution in [1.82, 2.24) is 10.2 Å². The Morgan fingerprint density at radius 2 is 1.80 bits per heavy atom. The van der Waals surface area contributed by atoms with E-state index in [1.807, 2.05) is 0 Å². The summed E-state index contributed by atoms with van der Waals surface area (Å²) >= 11 is 0. The molecule has 0 amide bonds. The van der Waals surface area contributed by atoms with E-state index in [9.17, 15) is 0 Å². The highest BCUT2D eigenvalue weighted by molar-refractivity contribution is 5.24. The van der Waals surface area contributed by atoms with E-state index in [2.05, 4.69) is 48.3 Å². The molecule has 1 saturated carbocycles. The molecule has 2 nitrogen and oxygen atoms in total. The lowest BCUT2D eigenvalue weighted by Crippen LogP contribution is -2.62. The molecule has 1 N–H and O–H groups in total. The maximum atomic E-state index is 3.65. The maximum absolute atomic E-state index is 3.65. The number of nitrogens with one attached hydrogen (secondary N) is 1. The van der Waals surface area contributed by atoms with Gasteiger partial charge in [-0.1, -0.05) is 49.1 Å². The third-order valence-corrected chi connectivity index (χ3v) is 5.40. The van der Waals surface area contributed by atoms with Gasteiger partial charge in [-0.2, -0.15) is 0 Å². The van der Waals surface area contributed by atoms with E-state index in [0.29, 0.717) is 11.6 Å². The van der Waals surface area contributed by atoms with Crippen molar-refractivity contribution in [2.45, 2.75) is 57.5 Å². The van der Waals surface area contributed by atoms with Crippen LogP contribution in [0.25, 0.3) is 0 Å². The number of nitrogens with zero attached hydrogens (tertiary/aromatic N) is 1. The van der Waals surface area contributed by atoms with Crippen LogP contribution in [0.5, 0.6) is 0 Å². The number of benzene rings is 1. The molecule has 1 saturated heterocycles. The summed E-state index contributed by atoms with van der Waals surface area (Å²) in [6, 6.07) is 9.68. The quantitative estimate of drug-likeness (QED) is 0.884. The van der Waals surface area contributed by atoms with Gasteiger partial charge in [-0.3, -0.25) is 4.90 Å². The van der Waals surface area contributed by atoms with Crippen LogP contribution in [0.2, 0.25) is 0 Å². The number of hydrogen-bond acceptors (Lipinski definition) is 2. The standard InChI is InChI=1S/C18H28N2/c1-15-6-8-17(9-7-15)16(2)20-13-12-19-14-18(20)10-4-3-5-11-18/h6-9,16,19H,3-5,10-14H2,1-2H3. The van der Waals surface area contributed by atoms with E-state index in [0.717, 1.165) is 6.54 Å². The van der Waals surface area contributed by atoms with Crippen molar-refractivity contribution < 1.29 is 0 Å². The molecule has 0 radical (unpaired) electrons. The van der Waals surface area contributed by atoms with Crippen LogP contribution >= 0.6 is 0 Å². The van der Waals surface area contributed by atoms with Gasteiger partial charge >= 0.3 is 0 Å². The molecule has 1 unspecified atom stereocenters. The van der Waals surface area contributed by atoms with E-state index in [-0.39, 0.29) is 0 Å². The Hall–Kier alpha value is -0.860. The van der Waals surface area contributed by atoms with Gasteiger partial charge in [0.25, 0.3) is 0 Å². The van der Waals surface area contributed by atoms with Crippen LogP contribution in [0.3, 0.4) is 0 Å². The van der Waals surface area contributed by atoms with Crippen molar-refractivity contribution in [3.8, 4) is 0 Å². The Morgan fingerprint density at radius 1 is 1.10 bits per heavy atom. The SMILES string of the molecule is Cc1ccc(C(C)N2CCNCC23CCCCC3)cc1. The predicted octanol–water partition coefficient (Wildman–Crippen LogP) is 3.66. The summed E-state index contributed by atoms with van der Waals surface area (Å²) in [5, 5.41) is 3.65. The molecule has 2 fully saturated rings. The van der Waals surface area contributed by atoms with Crippen LogP contribution in [0.15, 0.2) is 24.3 Å². The van der Waals surface area contributed by atoms with Crippen LogP contribution < -0.4 is 5.32 Å². The minimum Gasteiger partial charge on any atom is -0.314 e. The molecular formula is C18H28N2. The summed E-state index contributed by atoms with van der Waals surface area (Å²) in [6.07, 6.45) is 6.97. The zero-order chi connectivity index (χ0) is 14.0. The molecule has 1 spiro atoms. The fourth-order valence-corrected chi connectivity index (χ4v) is 4.16. The summed E-state index contributed by atoms with van der Waals surface area (Å²) < 4.78 is 0. The van der Waals surface area contributed by atoms with E-state index >= 15 is 0 Å². The van der Waals surface area contributed by atoms with Gasteiger partial charge in [0.15, 0.2) is 0 Å². The summed E-state index contributed by atoms with van der Waals surface area (Å²) in [6.45, 7) is 8.07. The molecular weight excluding hydrogens is 244 g/mol. The van der Waals surface area contributed by atoms with Crippen molar-refractivity contribution in [1.29, 1.82) is 0 Å². The monoisotopic (exact) mass is 272 g/mol. The number of rotatable bonds is 2. The van der Waals surface area contributed by atoms with Gasteiger partial charge < -0.3 is 5.32 Å². The predicted molar refractivity (Wildman–Crippen MR) is 85.0 cm³/mol. The molecule has 110 valence electrons. The highest BCUT2D eigenvalue weighted by Crippen LogP contribution is 2.39. The Labute approximate surface area is 123 Å². The van der Waals surface area contributed by atoms with Crippen molar-refractivity contribution in [2.24, 2.45) is 0 Å². The molecule has 1 aliphatic heterocycles.